The SMILES string of the molecule is CC(=C=CCS(=O)(=O)O)C(=O)O. The molecule has 2 N–H and O–H groups in total. The van der Waals surface area contributed by atoms with Gasteiger partial charge in [0, 0.05) is 0 Å². The van der Waals surface area contributed by atoms with E-state index in [1.807, 2.05) is 0 Å². The van der Waals surface area contributed by atoms with Crippen LogP contribution in [0.1, 0.15) is 6.92 Å². The third-order valence-corrected chi connectivity index (χ3v) is 1.52. The summed E-state index contributed by atoms with van der Waals surface area (Å²) in [5, 5.41) is 8.28. The third-order valence-electron chi connectivity index (χ3n) is 0.933. The van der Waals surface area contributed by atoms with Crippen molar-refractivity contribution in [3.8, 4) is 0 Å². The van der Waals surface area contributed by atoms with Gasteiger partial charge in [-0.25, -0.2) is 4.79 Å². The van der Waals surface area contributed by atoms with Crippen molar-refractivity contribution in [2.75, 3.05) is 5.75 Å². The zero-order valence-electron chi connectivity index (χ0n) is 6.31. The highest BCUT2D eigenvalue weighted by Crippen LogP contribution is 1.89. The molecular weight excluding hydrogens is 184 g/mol. The van der Waals surface area contributed by atoms with Crippen LogP contribution in [-0.2, 0) is 14.9 Å². The molecule has 0 aliphatic carbocycles. The van der Waals surface area contributed by atoms with Crippen LogP contribution >= 0.6 is 0 Å². The number of aliphatic carboxylic acids is 1. The number of hydrogen-bond donors (Lipinski definition) is 2. The van der Waals surface area contributed by atoms with Crippen molar-refractivity contribution in [2.24, 2.45) is 0 Å². The average Bonchev–Trinajstić information content (AvgIpc) is 1.84. The van der Waals surface area contributed by atoms with Crippen LogP contribution in [0.15, 0.2) is 17.4 Å². The minimum atomic E-state index is -4.07. The number of rotatable bonds is 3. The molecule has 0 aromatic carbocycles. The Morgan fingerprint density at radius 3 is 2.42 bits per heavy atom. The van der Waals surface area contributed by atoms with Crippen molar-refractivity contribution in [3.63, 3.8) is 0 Å². The monoisotopic (exact) mass is 192 g/mol. The van der Waals surface area contributed by atoms with E-state index in [4.69, 9.17) is 9.66 Å². The molecule has 0 saturated heterocycles. The molecule has 0 saturated carbocycles. The minimum absolute atomic E-state index is 0.112. The second kappa shape index (κ2) is 4.06. The molecule has 0 radical (unpaired) electrons. The van der Waals surface area contributed by atoms with Gasteiger partial charge in [0.25, 0.3) is 10.1 Å². The van der Waals surface area contributed by atoms with Gasteiger partial charge < -0.3 is 5.11 Å². The first kappa shape index (κ1) is 10.9. The van der Waals surface area contributed by atoms with Crippen molar-refractivity contribution in [1.29, 1.82) is 0 Å². The van der Waals surface area contributed by atoms with Crippen molar-refractivity contribution >= 4 is 16.1 Å². The van der Waals surface area contributed by atoms with Gasteiger partial charge in [0.1, 0.15) is 5.75 Å². The Balaban J connectivity index is 4.46. The zero-order valence-corrected chi connectivity index (χ0v) is 7.13. The molecule has 0 aromatic rings. The molecule has 0 heterocycles. The van der Waals surface area contributed by atoms with E-state index in [0.717, 1.165) is 6.08 Å². The van der Waals surface area contributed by atoms with Crippen molar-refractivity contribution in [1.82, 2.24) is 0 Å². The Kier molecular flexibility index (Phi) is 3.69. The summed E-state index contributed by atoms with van der Waals surface area (Å²) in [7, 11) is -4.07. The summed E-state index contributed by atoms with van der Waals surface area (Å²) in [4.78, 5) is 10.1. The van der Waals surface area contributed by atoms with Crippen molar-refractivity contribution < 1.29 is 22.9 Å². The maximum absolute atomic E-state index is 10.1. The Morgan fingerprint density at radius 2 is 2.08 bits per heavy atom. The molecule has 0 amide bonds. The molecular formula is C6H8O5S. The summed E-state index contributed by atoms with van der Waals surface area (Å²) in [5.74, 6) is -1.81. The second-order valence-corrected chi connectivity index (χ2v) is 3.52. The average molecular weight is 192 g/mol. The molecule has 12 heavy (non-hydrogen) atoms. The highest BCUT2D eigenvalue weighted by atomic mass is 32.2. The number of carboxylic acid groups (broad SMARTS) is 1. The van der Waals surface area contributed by atoms with Gasteiger partial charge in [-0.05, 0) is 13.0 Å². The summed E-state index contributed by atoms with van der Waals surface area (Å²) >= 11 is 0. The lowest BCUT2D eigenvalue weighted by molar-refractivity contribution is -0.132. The van der Waals surface area contributed by atoms with Crippen LogP contribution < -0.4 is 0 Å². The Bertz CT molecular complexity index is 331. The third kappa shape index (κ3) is 5.67. The molecule has 0 rings (SSSR count). The first-order valence-electron chi connectivity index (χ1n) is 2.93. The number of carboxylic acids is 1. The Hall–Kier alpha value is -1.10. The normalized spacial score (nSPS) is 10.2. The zero-order chi connectivity index (χ0) is 9.78. The van der Waals surface area contributed by atoms with Gasteiger partial charge >= 0.3 is 5.97 Å². The van der Waals surface area contributed by atoms with E-state index in [9.17, 15) is 13.2 Å². The van der Waals surface area contributed by atoms with E-state index >= 15 is 0 Å². The summed E-state index contributed by atoms with van der Waals surface area (Å²) in [6.45, 7) is 1.27. The maximum Gasteiger partial charge on any atom is 0.339 e. The van der Waals surface area contributed by atoms with Crippen LogP contribution in [-0.4, -0.2) is 29.8 Å². The lowest BCUT2D eigenvalue weighted by atomic mass is 10.3. The highest BCUT2D eigenvalue weighted by molar-refractivity contribution is 7.85. The van der Waals surface area contributed by atoms with Gasteiger partial charge in [-0.3, -0.25) is 4.55 Å². The van der Waals surface area contributed by atoms with Gasteiger partial charge in [0.2, 0.25) is 0 Å². The number of hydrogen-bond acceptors (Lipinski definition) is 3. The fraction of sp³-hybridized carbons (Fsp3) is 0.333. The van der Waals surface area contributed by atoms with Gasteiger partial charge in [0.05, 0.1) is 5.57 Å². The quantitative estimate of drug-likeness (QED) is 0.375. The molecule has 0 fully saturated rings. The topological polar surface area (TPSA) is 91.7 Å². The van der Waals surface area contributed by atoms with Crippen LogP contribution in [0.4, 0.5) is 0 Å². The van der Waals surface area contributed by atoms with E-state index in [2.05, 4.69) is 5.73 Å². The first-order valence-corrected chi connectivity index (χ1v) is 4.54. The molecule has 0 bridgehead atoms. The molecule has 0 atom stereocenters. The van der Waals surface area contributed by atoms with Crippen LogP contribution in [0.5, 0.6) is 0 Å². The molecule has 68 valence electrons. The predicted molar refractivity (Wildman–Crippen MR) is 41.3 cm³/mol. The maximum atomic E-state index is 10.1. The highest BCUT2D eigenvalue weighted by Gasteiger charge is 1.99. The van der Waals surface area contributed by atoms with Crippen molar-refractivity contribution in [2.45, 2.75) is 6.92 Å². The lowest BCUT2D eigenvalue weighted by Crippen LogP contribution is -2.00. The van der Waals surface area contributed by atoms with Crippen LogP contribution in [0.2, 0.25) is 0 Å². The standard InChI is InChI=1S/C6H8O5S/c1-5(6(7)8)3-2-4-12(9,10)11/h2H,4H2,1H3,(H,7,8)(H,9,10,11). The van der Waals surface area contributed by atoms with Crippen molar-refractivity contribution in [3.05, 3.63) is 17.4 Å². The predicted octanol–water partition coefficient (Wildman–Crippen LogP) is 0.0602. The van der Waals surface area contributed by atoms with E-state index in [1.165, 1.54) is 6.92 Å². The van der Waals surface area contributed by atoms with Crippen LogP contribution in [0.25, 0.3) is 0 Å². The molecule has 6 heteroatoms. The summed E-state index contributed by atoms with van der Waals surface area (Å²) < 4.78 is 28.4. The van der Waals surface area contributed by atoms with E-state index in [0.29, 0.717) is 0 Å². The summed E-state index contributed by atoms with van der Waals surface area (Å²) in [5.41, 5.74) is 2.08. The molecule has 0 unspecified atom stereocenters. The largest absolute Gasteiger partial charge is 0.477 e. The molecule has 0 aliphatic rings. The van der Waals surface area contributed by atoms with E-state index < -0.39 is 21.8 Å². The van der Waals surface area contributed by atoms with Gasteiger partial charge in [-0.2, -0.15) is 8.42 Å². The Labute approximate surface area is 69.8 Å². The fourth-order valence-corrected chi connectivity index (χ4v) is 0.656. The smallest absolute Gasteiger partial charge is 0.339 e. The molecule has 0 aliphatic heterocycles. The van der Waals surface area contributed by atoms with Gasteiger partial charge in [-0.15, -0.1) is 5.73 Å². The number of carbonyl (C=O) groups is 1. The van der Waals surface area contributed by atoms with Crippen LogP contribution in [0.3, 0.4) is 0 Å². The summed E-state index contributed by atoms with van der Waals surface area (Å²) in [6.07, 6.45) is 0.943. The minimum Gasteiger partial charge on any atom is -0.477 e. The first-order chi connectivity index (χ1) is 5.33. The van der Waals surface area contributed by atoms with Gasteiger partial charge in [0.15, 0.2) is 0 Å². The molecule has 0 spiro atoms. The molecule has 0 aromatic heterocycles. The lowest BCUT2D eigenvalue weighted by Gasteiger charge is -1.86. The van der Waals surface area contributed by atoms with E-state index in [-0.39, 0.29) is 5.57 Å². The summed E-state index contributed by atoms with van der Waals surface area (Å²) in [6, 6.07) is 0. The molecule has 5 nitrogen and oxygen atoms in total. The van der Waals surface area contributed by atoms with E-state index in [1.54, 1.807) is 0 Å². The van der Waals surface area contributed by atoms with Gasteiger partial charge in [-0.1, -0.05) is 0 Å². The Morgan fingerprint density at radius 1 is 1.58 bits per heavy atom. The second-order valence-electron chi connectivity index (χ2n) is 2.03. The fourth-order valence-electron chi connectivity index (χ4n) is 0.362. The van der Waals surface area contributed by atoms with Crippen LogP contribution in [0, 0.1) is 0 Å².